The first-order chi connectivity index (χ1) is 11.2. The molecule has 1 aliphatic rings. The second-order valence-corrected chi connectivity index (χ2v) is 6.22. The lowest BCUT2D eigenvalue weighted by atomic mass is 9.97. The van der Waals surface area contributed by atoms with Crippen LogP contribution >= 0.6 is 0 Å². The van der Waals surface area contributed by atoms with Crippen molar-refractivity contribution in [2.45, 2.75) is 19.3 Å². The summed E-state index contributed by atoms with van der Waals surface area (Å²) in [7, 11) is 0. The van der Waals surface area contributed by atoms with Crippen LogP contribution in [-0.4, -0.2) is 37.0 Å². The van der Waals surface area contributed by atoms with Crippen LogP contribution < -0.4 is 4.90 Å². The number of rotatable bonds is 4. The van der Waals surface area contributed by atoms with Crippen LogP contribution in [-0.2, 0) is 4.79 Å². The van der Waals surface area contributed by atoms with Crippen molar-refractivity contribution in [3.05, 3.63) is 66.2 Å². The summed E-state index contributed by atoms with van der Waals surface area (Å²) in [5, 5.41) is 0. The largest absolute Gasteiger partial charge is 0.368 e. The topological polar surface area (TPSA) is 23.6 Å². The summed E-state index contributed by atoms with van der Waals surface area (Å²) in [6.07, 6.45) is 0.593. The first kappa shape index (κ1) is 15.6. The van der Waals surface area contributed by atoms with E-state index in [1.165, 1.54) is 11.3 Å². The second kappa shape index (κ2) is 7.32. The van der Waals surface area contributed by atoms with Crippen molar-refractivity contribution in [2.24, 2.45) is 0 Å². The fraction of sp³-hybridized carbons (Fsp3) is 0.350. The molecule has 0 saturated carbocycles. The van der Waals surface area contributed by atoms with E-state index in [-0.39, 0.29) is 11.8 Å². The second-order valence-electron chi connectivity index (χ2n) is 6.22. The van der Waals surface area contributed by atoms with Crippen LogP contribution in [0, 0.1) is 0 Å². The number of carbonyl (C=O) groups excluding carboxylic acids is 1. The van der Waals surface area contributed by atoms with E-state index in [2.05, 4.69) is 48.2 Å². The Balaban J connectivity index is 1.52. The third-order valence-corrected chi connectivity index (χ3v) is 4.60. The molecule has 1 saturated heterocycles. The Kier molecular flexibility index (Phi) is 4.96. The quantitative estimate of drug-likeness (QED) is 0.862. The van der Waals surface area contributed by atoms with Gasteiger partial charge >= 0.3 is 0 Å². The van der Waals surface area contributed by atoms with Crippen LogP contribution in [0.1, 0.15) is 24.8 Å². The minimum atomic E-state index is 0.272. The zero-order valence-electron chi connectivity index (χ0n) is 13.7. The molecule has 0 aromatic heterocycles. The highest BCUT2D eigenvalue weighted by molar-refractivity contribution is 5.77. The molecule has 2 aromatic carbocycles. The minimum Gasteiger partial charge on any atom is -0.368 e. The molecular weight excluding hydrogens is 284 g/mol. The van der Waals surface area contributed by atoms with Crippen molar-refractivity contribution in [1.29, 1.82) is 0 Å². The Hall–Kier alpha value is -2.29. The first-order valence-electron chi connectivity index (χ1n) is 8.37. The van der Waals surface area contributed by atoms with E-state index in [9.17, 15) is 4.79 Å². The predicted molar refractivity (Wildman–Crippen MR) is 94.7 cm³/mol. The van der Waals surface area contributed by atoms with Crippen LogP contribution in [0.5, 0.6) is 0 Å². The smallest absolute Gasteiger partial charge is 0.223 e. The number of amides is 1. The Bertz CT molecular complexity index is 619. The Morgan fingerprint density at radius 1 is 0.913 bits per heavy atom. The van der Waals surface area contributed by atoms with Gasteiger partial charge in [-0.2, -0.15) is 0 Å². The lowest BCUT2D eigenvalue weighted by molar-refractivity contribution is -0.131. The van der Waals surface area contributed by atoms with E-state index in [1.54, 1.807) is 0 Å². The van der Waals surface area contributed by atoms with Crippen molar-refractivity contribution in [1.82, 2.24) is 4.90 Å². The van der Waals surface area contributed by atoms with Crippen molar-refractivity contribution < 1.29 is 4.79 Å². The van der Waals surface area contributed by atoms with E-state index in [0.29, 0.717) is 6.42 Å². The zero-order valence-corrected chi connectivity index (χ0v) is 13.7. The zero-order chi connectivity index (χ0) is 16.1. The summed E-state index contributed by atoms with van der Waals surface area (Å²) < 4.78 is 0. The fourth-order valence-corrected chi connectivity index (χ4v) is 3.14. The molecule has 1 amide bonds. The number of hydrogen-bond donors (Lipinski definition) is 0. The normalized spacial score (nSPS) is 16.2. The Morgan fingerprint density at radius 2 is 1.48 bits per heavy atom. The molecule has 1 fully saturated rings. The molecule has 0 unspecified atom stereocenters. The average Bonchev–Trinajstić information content (AvgIpc) is 2.63. The molecule has 3 nitrogen and oxygen atoms in total. The monoisotopic (exact) mass is 308 g/mol. The number of benzene rings is 2. The van der Waals surface area contributed by atoms with E-state index < -0.39 is 0 Å². The standard InChI is InChI=1S/C20H24N2O/c1-17(18-8-4-2-5-9-18)16-20(23)22-14-12-21(13-15-22)19-10-6-3-7-11-19/h2-11,17H,12-16H2,1H3/t17-/m0/s1. The van der Waals surface area contributed by atoms with Gasteiger partial charge in [0.05, 0.1) is 0 Å². The molecule has 0 spiro atoms. The molecule has 1 atom stereocenters. The molecule has 1 aliphatic heterocycles. The van der Waals surface area contributed by atoms with Gasteiger partial charge in [-0.05, 0) is 23.6 Å². The lowest BCUT2D eigenvalue weighted by Gasteiger charge is -2.36. The average molecular weight is 308 g/mol. The number of carbonyl (C=O) groups is 1. The summed E-state index contributed by atoms with van der Waals surface area (Å²) >= 11 is 0. The van der Waals surface area contributed by atoms with Crippen molar-refractivity contribution >= 4 is 11.6 Å². The van der Waals surface area contributed by atoms with Gasteiger partial charge in [0.2, 0.25) is 5.91 Å². The van der Waals surface area contributed by atoms with Gasteiger partial charge in [-0.15, -0.1) is 0 Å². The molecule has 23 heavy (non-hydrogen) atoms. The predicted octanol–water partition coefficient (Wildman–Crippen LogP) is 3.53. The molecule has 0 N–H and O–H groups in total. The number of piperazine rings is 1. The van der Waals surface area contributed by atoms with E-state index in [4.69, 9.17) is 0 Å². The fourth-order valence-electron chi connectivity index (χ4n) is 3.14. The van der Waals surface area contributed by atoms with Crippen LogP contribution in [0.3, 0.4) is 0 Å². The maximum Gasteiger partial charge on any atom is 0.223 e. The highest BCUT2D eigenvalue weighted by Gasteiger charge is 2.22. The molecule has 0 radical (unpaired) electrons. The summed E-state index contributed by atoms with van der Waals surface area (Å²) in [5.41, 5.74) is 2.49. The van der Waals surface area contributed by atoms with Gasteiger partial charge in [0.15, 0.2) is 0 Å². The molecule has 3 heteroatoms. The van der Waals surface area contributed by atoms with Crippen LogP contribution in [0.25, 0.3) is 0 Å². The van der Waals surface area contributed by atoms with E-state index in [0.717, 1.165) is 26.2 Å². The van der Waals surface area contributed by atoms with Crippen LogP contribution in [0.2, 0.25) is 0 Å². The SMILES string of the molecule is C[C@@H](CC(=O)N1CCN(c2ccccc2)CC1)c1ccccc1. The molecule has 1 heterocycles. The van der Waals surface area contributed by atoms with Crippen molar-refractivity contribution in [3.8, 4) is 0 Å². The van der Waals surface area contributed by atoms with E-state index >= 15 is 0 Å². The van der Waals surface area contributed by atoms with Crippen LogP contribution in [0.15, 0.2) is 60.7 Å². The molecule has 0 aliphatic carbocycles. The van der Waals surface area contributed by atoms with Crippen molar-refractivity contribution in [3.63, 3.8) is 0 Å². The van der Waals surface area contributed by atoms with E-state index in [1.807, 2.05) is 29.2 Å². The minimum absolute atomic E-state index is 0.272. The van der Waals surface area contributed by atoms with Gasteiger partial charge in [-0.1, -0.05) is 55.5 Å². The highest BCUT2D eigenvalue weighted by Crippen LogP contribution is 2.21. The Labute approximate surface area is 138 Å². The van der Waals surface area contributed by atoms with Crippen molar-refractivity contribution in [2.75, 3.05) is 31.1 Å². The van der Waals surface area contributed by atoms with Gasteiger partial charge in [-0.3, -0.25) is 4.79 Å². The summed E-state index contributed by atoms with van der Waals surface area (Å²) in [6, 6.07) is 20.7. The number of nitrogens with zero attached hydrogens (tertiary/aromatic N) is 2. The molecule has 3 rings (SSSR count). The third-order valence-electron chi connectivity index (χ3n) is 4.60. The maximum atomic E-state index is 12.5. The highest BCUT2D eigenvalue weighted by atomic mass is 16.2. The summed E-state index contributed by atoms with van der Waals surface area (Å²) in [6.45, 7) is 5.59. The molecule has 2 aromatic rings. The molecular formula is C20H24N2O. The third kappa shape index (κ3) is 3.92. The van der Waals surface area contributed by atoms with Gasteiger partial charge in [-0.25, -0.2) is 0 Å². The van der Waals surface area contributed by atoms with Crippen LogP contribution in [0.4, 0.5) is 5.69 Å². The first-order valence-corrected chi connectivity index (χ1v) is 8.37. The number of para-hydroxylation sites is 1. The molecule has 120 valence electrons. The van der Waals surface area contributed by atoms with Gasteiger partial charge in [0.1, 0.15) is 0 Å². The number of hydrogen-bond acceptors (Lipinski definition) is 2. The summed E-state index contributed by atoms with van der Waals surface area (Å²) in [5.74, 6) is 0.546. The maximum absolute atomic E-state index is 12.5. The van der Waals surface area contributed by atoms with Gasteiger partial charge in [0.25, 0.3) is 0 Å². The summed E-state index contributed by atoms with van der Waals surface area (Å²) in [4.78, 5) is 16.9. The number of anilines is 1. The van der Waals surface area contributed by atoms with Gasteiger partial charge < -0.3 is 9.80 Å². The van der Waals surface area contributed by atoms with Gasteiger partial charge in [0, 0.05) is 38.3 Å². The Morgan fingerprint density at radius 3 is 2.09 bits per heavy atom. The molecule has 0 bridgehead atoms. The lowest BCUT2D eigenvalue weighted by Crippen LogP contribution is -2.49.